The summed E-state index contributed by atoms with van der Waals surface area (Å²) in [4.78, 5) is 24.8. The minimum atomic E-state index is -3.82. The number of nitrogens with one attached hydrogen (secondary N) is 3. The molecule has 4 rings (SSSR count). The SMILES string of the molecule is COc1ccc(NS(=O)(=O)c2ccc(C(=O)Nc3cccc(C(=O)NC4CC4)c3)cc2)cc1. The van der Waals surface area contributed by atoms with E-state index in [9.17, 15) is 18.0 Å². The van der Waals surface area contributed by atoms with E-state index < -0.39 is 15.9 Å². The first-order valence-corrected chi connectivity index (χ1v) is 11.8. The molecule has 0 spiro atoms. The smallest absolute Gasteiger partial charge is 0.261 e. The standard InChI is InChI=1S/C24H23N3O5S/c1-32-21-11-9-19(10-12-21)27-33(30,31)22-13-5-16(6-14-22)23(28)26-20-4-2-3-17(15-20)24(29)25-18-7-8-18/h2-6,9-15,18,27H,7-8H2,1H3,(H,25,29)(H,26,28). The second-order valence-electron chi connectivity index (χ2n) is 7.64. The Labute approximate surface area is 192 Å². The van der Waals surface area contributed by atoms with Crippen LogP contribution < -0.4 is 20.1 Å². The molecule has 170 valence electrons. The number of methoxy groups -OCH3 is 1. The van der Waals surface area contributed by atoms with Gasteiger partial charge in [0.2, 0.25) is 0 Å². The summed E-state index contributed by atoms with van der Waals surface area (Å²) >= 11 is 0. The molecule has 0 aromatic heterocycles. The summed E-state index contributed by atoms with van der Waals surface area (Å²) in [6.07, 6.45) is 1.98. The lowest BCUT2D eigenvalue weighted by Crippen LogP contribution is -2.25. The number of benzene rings is 3. The maximum absolute atomic E-state index is 12.6. The summed E-state index contributed by atoms with van der Waals surface area (Å²) < 4.78 is 32.8. The number of rotatable bonds is 8. The summed E-state index contributed by atoms with van der Waals surface area (Å²) in [5.41, 5.74) is 1.61. The molecule has 0 bridgehead atoms. The predicted octanol–water partition coefficient (Wildman–Crippen LogP) is 3.64. The zero-order chi connectivity index (χ0) is 23.4. The average Bonchev–Trinajstić information content (AvgIpc) is 3.63. The molecule has 0 unspecified atom stereocenters. The fourth-order valence-electron chi connectivity index (χ4n) is 3.10. The van der Waals surface area contributed by atoms with Crippen molar-refractivity contribution in [3.63, 3.8) is 0 Å². The molecule has 1 saturated carbocycles. The van der Waals surface area contributed by atoms with Crippen LogP contribution in [0.2, 0.25) is 0 Å². The summed E-state index contributed by atoms with van der Waals surface area (Å²) in [5.74, 6) is 0.0247. The van der Waals surface area contributed by atoms with E-state index in [1.165, 1.54) is 31.4 Å². The van der Waals surface area contributed by atoms with Gasteiger partial charge in [-0.2, -0.15) is 0 Å². The Morgan fingerprint density at radius 3 is 2.18 bits per heavy atom. The molecule has 2 amide bonds. The molecule has 33 heavy (non-hydrogen) atoms. The van der Waals surface area contributed by atoms with Crippen LogP contribution in [0.15, 0.2) is 77.7 Å². The Morgan fingerprint density at radius 2 is 1.55 bits per heavy atom. The molecule has 3 aromatic carbocycles. The molecule has 0 heterocycles. The van der Waals surface area contributed by atoms with E-state index in [1.807, 2.05) is 0 Å². The van der Waals surface area contributed by atoms with E-state index in [1.54, 1.807) is 48.5 Å². The highest BCUT2D eigenvalue weighted by atomic mass is 32.2. The molecular formula is C24H23N3O5S. The van der Waals surface area contributed by atoms with Gasteiger partial charge in [-0.3, -0.25) is 14.3 Å². The molecule has 3 N–H and O–H groups in total. The number of sulfonamides is 1. The van der Waals surface area contributed by atoms with Crippen LogP contribution in [0.1, 0.15) is 33.6 Å². The number of hydrogen-bond acceptors (Lipinski definition) is 5. The fourth-order valence-corrected chi connectivity index (χ4v) is 4.16. The van der Waals surface area contributed by atoms with E-state index >= 15 is 0 Å². The van der Waals surface area contributed by atoms with Crippen LogP contribution in [0.25, 0.3) is 0 Å². The Balaban J connectivity index is 1.42. The van der Waals surface area contributed by atoms with Crippen LogP contribution in [-0.2, 0) is 10.0 Å². The van der Waals surface area contributed by atoms with E-state index in [-0.39, 0.29) is 22.4 Å². The third-order valence-electron chi connectivity index (χ3n) is 5.06. The minimum absolute atomic E-state index is 0.0219. The fraction of sp³-hybridized carbons (Fsp3) is 0.167. The quantitative estimate of drug-likeness (QED) is 0.470. The van der Waals surface area contributed by atoms with Crippen molar-refractivity contribution in [2.45, 2.75) is 23.8 Å². The number of anilines is 2. The van der Waals surface area contributed by atoms with Gasteiger partial charge in [0.1, 0.15) is 5.75 Å². The molecule has 0 saturated heterocycles. The van der Waals surface area contributed by atoms with E-state index in [4.69, 9.17) is 4.74 Å². The van der Waals surface area contributed by atoms with E-state index in [2.05, 4.69) is 15.4 Å². The van der Waals surface area contributed by atoms with Gasteiger partial charge in [-0.15, -0.1) is 0 Å². The first kappa shape index (κ1) is 22.3. The van der Waals surface area contributed by atoms with Crippen molar-refractivity contribution in [2.75, 3.05) is 17.1 Å². The van der Waals surface area contributed by atoms with Gasteiger partial charge in [-0.05, 0) is 79.6 Å². The third kappa shape index (κ3) is 5.69. The van der Waals surface area contributed by atoms with Crippen molar-refractivity contribution < 1.29 is 22.7 Å². The largest absolute Gasteiger partial charge is 0.497 e. The monoisotopic (exact) mass is 465 g/mol. The van der Waals surface area contributed by atoms with Crippen LogP contribution in [0.5, 0.6) is 5.75 Å². The van der Waals surface area contributed by atoms with Gasteiger partial charge in [0, 0.05) is 28.5 Å². The lowest BCUT2D eigenvalue weighted by atomic mass is 10.1. The lowest BCUT2D eigenvalue weighted by molar-refractivity contribution is 0.0949. The van der Waals surface area contributed by atoms with Crippen LogP contribution in [0.3, 0.4) is 0 Å². The van der Waals surface area contributed by atoms with Gasteiger partial charge in [0.15, 0.2) is 0 Å². The van der Waals surface area contributed by atoms with E-state index in [0.717, 1.165) is 12.8 Å². The number of hydrogen-bond donors (Lipinski definition) is 3. The number of ether oxygens (including phenoxy) is 1. The topological polar surface area (TPSA) is 114 Å². The Kier molecular flexibility index (Phi) is 6.32. The average molecular weight is 466 g/mol. The van der Waals surface area contributed by atoms with Gasteiger partial charge in [0.25, 0.3) is 21.8 Å². The Hall–Kier alpha value is -3.85. The second kappa shape index (κ2) is 9.33. The molecule has 0 atom stereocenters. The molecule has 1 aliphatic carbocycles. The highest BCUT2D eigenvalue weighted by Gasteiger charge is 2.24. The summed E-state index contributed by atoms with van der Waals surface area (Å²) in [7, 11) is -2.29. The van der Waals surface area contributed by atoms with E-state index in [0.29, 0.717) is 22.7 Å². The highest BCUT2D eigenvalue weighted by molar-refractivity contribution is 7.92. The van der Waals surface area contributed by atoms with Gasteiger partial charge in [-0.1, -0.05) is 6.07 Å². The Morgan fingerprint density at radius 1 is 0.848 bits per heavy atom. The van der Waals surface area contributed by atoms with Gasteiger partial charge < -0.3 is 15.4 Å². The molecule has 1 aliphatic rings. The number of carbonyl (C=O) groups is 2. The number of carbonyl (C=O) groups excluding carboxylic acids is 2. The molecule has 3 aromatic rings. The zero-order valence-electron chi connectivity index (χ0n) is 17.9. The maximum Gasteiger partial charge on any atom is 0.261 e. The summed E-state index contributed by atoms with van der Waals surface area (Å²) in [6, 6.07) is 19.0. The molecule has 0 radical (unpaired) electrons. The molecule has 1 fully saturated rings. The molecule has 9 heteroatoms. The van der Waals surface area contributed by atoms with Crippen molar-refractivity contribution >= 4 is 33.2 Å². The van der Waals surface area contributed by atoms with Crippen molar-refractivity contribution in [1.29, 1.82) is 0 Å². The zero-order valence-corrected chi connectivity index (χ0v) is 18.7. The van der Waals surface area contributed by atoms with Gasteiger partial charge in [-0.25, -0.2) is 8.42 Å². The van der Waals surface area contributed by atoms with Crippen molar-refractivity contribution in [3.05, 3.63) is 83.9 Å². The third-order valence-corrected chi connectivity index (χ3v) is 6.46. The van der Waals surface area contributed by atoms with Gasteiger partial charge in [0.05, 0.1) is 12.0 Å². The van der Waals surface area contributed by atoms with Crippen LogP contribution in [0.4, 0.5) is 11.4 Å². The first-order chi connectivity index (χ1) is 15.8. The van der Waals surface area contributed by atoms with Crippen LogP contribution >= 0.6 is 0 Å². The lowest BCUT2D eigenvalue weighted by Gasteiger charge is -2.10. The molecular weight excluding hydrogens is 442 g/mol. The van der Waals surface area contributed by atoms with Crippen molar-refractivity contribution in [3.8, 4) is 5.75 Å². The molecule has 8 nitrogen and oxygen atoms in total. The van der Waals surface area contributed by atoms with Crippen molar-refractivity contribution in [2.24, 2.45) is 0 Å². The highest BCUT2D eigenvalue weighted by Crippen LogP contribution is 2.21. The second-order valence-corrected chi connectivity index (χ2v) is 9.32. The normalized spacial score (nSPS) is 13.1. The summed E-state index contributed by atoms with van der Waals surface area (Å²) in [6.45, 7) is 0. The maximum atomic E-state index is 12.6. The predicted molar refractivity (Wildman–Crippen MR) is 125 cm³/mol. The number of amides is 2. The Bertz CT molecular complexity index is 1270. The molecule has 0 aliphatic heterocycles. The minimum Gasteiger partial charge on any atom is -0.497 e. The van der Waals surface area contributed by atoms with Gasteiger partial charge >= 0.3 is 0 Å². The van der Waals surface area contributed by atoms with Crippen LogP contribution in [0, 0.1) is 0 Å². The summed E-state index contributed by atoms with van der Waals surface area (Å²) in [5, 5.41) is 5.64. The van der Waals surface area contributed by atoms with Crippen LogP contribution in [-0.4, -0.2) is 33.4 Å². The van der Waals surface area contributed by atoms with Crippen molar-refractivity contribution in [1.82, 2.24) is 5.32 Å². The first-order valence-electron chi connectivity index (χ1n) is 10.3.